The summed E-state index contributed by atoms with van der Waals surface area (Å²) in [7, 11) is -2.61. The summed E-state index contributed by atoms with van der Waals surface area (Å²) in [6.07, 6.45) is 1.37. The second kappa shape index (κ2) is 6.46. The van der Waals surface area contributed by atoms with Crippen LogP contribution < -0.4 is 5.56 Å². The van der Waals surface area contributed by atoms with E-state index in [0.29, 0.717) is 0 Å². The zero-order chi connectivity index (χ0) is 17.0. The van der Waals surface area contributed by atoms with Crippen LogP contribution in [-0.4, -0.2) is 18.7 Å². The molecule has 0 saturated heterocycles. The van der Waals surface area contributed by atoms with Crippen LogP contribution in [-0.2, 0) is 21.4 Å². The monoisotopic (exact) mass is 331 g/mol. The van der Waals surface area contributed by atoms with Crippen molar-refractivity contribution in [1.82, 2.24) is 4.57 Å². The molecule has 0 fully saturated rings. The van der Waals surface area contributed by atoms with Gasteiger partial charge in [0.05, 0.1) is 0 Å². The minimum Gasteiger partial charge on any atom is -0.318 e. The standard InChI is InChI=1S/C15H13N3O4S/c1-11-3-6-13(7-4-11)23(20,21)22-17-14(9-16)12-5-8-15(19)18(2)10-12/h3-8,10H,1-2H3/b17-14+. The fourth-order valence-corrected chi connectivity index (χ4v) is 2.43. The van der Waals surface area contributed by atoms with Gasteiger partial charge in [0, 0.05) is 24.9 Å². The number of pyridine rings is 1. The number of aromatic nitrogens is 1. The predicted octanol–water partition coefficient (Wildman–Crippen LogP) is 1.33. The topological polar surface area (TPSA) is 102 Å². The average Bonchev–Trinajstić information content (AvgIpc) is 2.51. The van der Waals surface area contributed by atoms with E-state index in [-0.39, 0.29) is 21.7 Å². The maximum absolute atomic E-state index is 12.0. The molecule has 0 aliphatic rings. The molecular formula is C15H13N3O4S. The molecule has 0 aliphatic heterocycles. The number of hydrogen-bond donors (Lipinski definition) is 0. The molecule has 1 aromatic carbocycles. The van der Waals surface area contributed by atoms with Crippen molar-refractivity contribution in [3.63, 3.8) is 0 Å². The molecule has 0 saturated carbocycles. The SMILES string of the molecule is Cc1ccc(S(=O)(=O)O/N=C(\C#N)c2ccc(=O)n(C)c2)cc1. The highest BCUT2D eigenvalue weighted by molar-refractivity contribution is 7.86. The van der Waals surface area contributed by atoms with Crippen LogP contribution in [0.2, 0.25) is 0 Å². The van der Waals surface area contributed by atoms with Crippen molar-refractivity contribution >= 4 is 15.8 Å². The predicted molar refractivity (Wildman–Crippen MR) is 83.3 cm³/mol. The van der Waals surface area contributed by atoms with E-state index in [9.17, 15) is 13.2 Å². The molecule has 0 bridgehead atoms. The Bertz CT molecular complexity index is 951. The first-order valence-corrected chi connectivity index (χ1v) is 7.90. The maximum Gasteiger partial charge on any atom is 0.358 e. The van der Waals surface area contributed by atoms with Gasteiger partial charge in [0.1, 0.15) is 11.0 Å². The van der Waals surface area contributed by atoms with Gasteiger partial charge in [-0.25, -0.2) is 0 Å². The van der Waals surface area contributed by atoms with Crippen LogP contribution >= 0.6 is 0 Å². The lowest BCUT2D eigenvalue weighted by atomic mass is 10.2. The van der Waals surface area contributed by atoms with Crippen LogP contribution in [0.4, 0.5) is 0 Å². The number of hydrogen-bond acceptors (Lipinski definition) is 6. The number of benzene rings is 1. The van der Waals surface area contributed by atoms with Crippen molar-refractivity contribution in [3.05, 3.63) is 64.1 Å². The molecule has 0 unspecified atom stereocenters. The van der Waals surface area contributed by atoms with Crippen molar-refractivity contribution in [2.75, 3.05) is 0 Å². The van der Waals surface area contributed by atoms with Crippen molar-refractivity contribution in [2.24, 2.45) is 12.2 Å². The summed E-state index contributed by atoms with van der Waals surface area (Å²) in [6, 6.07) is 10.4. The molecule has 118 valence electrons. The van der Waals surface area contributed by atoms with Gasteiger partial charge in [-0.05, 0) is 25.1 Å². The smallest absolute Gasteiger partial charge is 0.318 e. The molecule has 0 N–H and O–H groups in total. The highest BCUT2D eigenvalue weighted by atomic mass is 32.2. The first kappa shape index (κ1) is 16.5. The molecule has 23 heavy (non-hydrogen) atoms. The lowest BCUT2D eigenvalue weighted by Crippen LogP contribution is -2.16. The van der Waals surface area contributed by atoms with Gasteiger partial charge in [0.2, 0.25) is 5.56 Å². The Morgan fingerprint density at radius 2 is 1.87 bits per heavy atom. The van der Waals surface area contributed by atoms with Crippen LogP contribution in [0, 0.1) is 18.3 Å². The average molecular weight is 331 g/mol. The van der Waals surface area contributed by atoms with Gasteiger partial charge in [0.15, 0.2) is 5.71 Å². The van der Waals surface area contributed by atoms with Crippen LogP contribution in [0.5, 0.6) is 0 Å². The van der Waals surface area contributed by atoms with E-state index in [1.807, 2.05) is 6.92 Å². The second-order valence-electron chi connectivity index (χ2n) is 4.76. The molecule has 7 nitrogen and oxygen atoms in total. The van der Waals surface area contributed by atoms with E-state index in [4.69, 9.17) is 5.26 Å². The molecule has 0 spiro atoms. The Balaban J connectivity index is 2.32. The Morgan fingerprint density at radius 3 is 2.43 bits per heavy atom. The molecular weight excluding hydrogens is 318 g/mol. The number of rotatable bonds is 4. The fourth-order valence-electron chi connectivity index (χ4n) is 1.71. The first-order valence-electron chi connectivity index (χ1n) is 6.49. The largest absolute Gasteiger partial charge is 0.358 e. The normalized spacial score (nSPS) is 11.8. The van der Waals surface area contributed by atoms with Gasteiger partial charge in [-0.2, -0.15) is 13.7 Å². The minimum absolute atomic E-state index is 0.0652. The summed E-state index contributed by atoms with van der Waals surface area (Å²) in [6.45, 7) is 1.82. The third-order valence-electron chi connectivity index (χ3n) is 3.00. The van der Waals surface area contributed by atoms with Gasteiger partial charge in [-0.1, -0.05) is 22.9 Å². The lowest BCUT2D eigenvalue weighted by molar-refractivity contribution is 0.339. The van der Waals surface area contributed by atoms with Crippen molar-refractivity contribution in [2.45, 2.75) is 11.8 Å². The molecule has 0 aliphatic carbocycles. The molecule has 2 aromatic rings. The molecule has 8 heteroatoms. The molecule has 2 rings (SSSR count). The number of nitriles is 1. The minimum atomic E-state index is -4.12. The van der Waals surface area contributed by atoms with Crippen LogP contribution in [0.15, 0.2) is 57.4 Å². The summed E-state index contributed by atoms with van der Waals surface area (Å²) in [4.78, 5) is 11.3. The zero-order valence-electron chi connectivity index (χ0n) is 12.4. The van der Waals surface area contributed by atoms with E-state index >= 15 is 0 Å². The van der Waals surface area contributed by atoms with Gasteiger partial charge in [0.25, 0.3) is 0 Å². The molecule has 0 atom stereocenters. The summed E-state index contributed by atoms with van der Waals surface area (Å²) in [5.74, 6) is 0. The van der Waals surface area contributed by atoms with Gasteiger partial charge >= 0.3 is 10.1 Å². The van der Waals surface area contributed by atoms with Gasteiger partial charge < -0.3 is 4.57 Å². The molecule has 1 aromatic heterocycles. The molecule has 0 radical (unpaired) electrons. The molecule has 0 amide bonds. The van der Waals surface area contributed by atoms with E-state index in [0.717, 1.165) is 5.56 Å². The van der Waals surface area contributed by atoms with Crippen LogP contribution in [0.25, 0.3) is 0 Å². The van der Waals surface area contributed by atoms with Gasteiger partial charge in [-0.15, -0.1) is 0 Å². The highest BCUT2D eigenvalue weighted by Crippen LogP contribution is 2.14. The second-order valence-corrected chi connectivity index (χ2v) is 6.29. The summed E-state index contributed by atoms with van der Waals surface area (Å²) in [5, 5.41) is 12.5. The summed E-state index contributed by atoms with van der Waals surface area (Å²) < 4.78 is 29.9. The fraction of sp³-hybridized carbons (Fsp3) is 0.133. The van der Waals surface area contributed by atoms with E-state index in [1.165, 1.54) is 42.1 Å². The Labute approximate surface area is 133 Å². The van der Waals surface area contributed by atoms with Crippen molar-refractivity contribution < 1.29 is 12.7 Å². The van der Waals surface area contributed by atoms with Gasteiger partial charge in [-0.3, -0.25) is 9.08 Å². The third kappa shape index (κ3) is 3.84. The lowest BCUT2D eigenvalue weighted by Gasteiger charge is -2.04. The number of aryl methyl sites for hydroxylation is 2. The quantitative estimate of drug-likeness (QED) is 0.621. The summed E-state index contributed by atoms with van der Waals surface area (Å²) in [5.41, 5.74) is 0.652. The van der Waals surface area contributed by atoms with Crippen LogP contribution in [0.3, 0.4) is 0 Å². The van der Waals surface area contributed by atoms with Crippen LogP contribution in [0.1, 0.15) is 11.1 Å². The van der Waals surface area contributed by atoms with Crippen molar-refractivity contribution in [3.8, 4) is 6.07 Å². The third-order valence-corrected chi connectivity index (χ3v) is 4.12. The number of nitrogens with zero attached hydrogens (tertiary/aromatic N) is 3. The Morgan fingerprint density at radius 1 is 1.22 bits per heavy atom. The van der Waals surface area contributed by atoms with E-state index < -0.39 is 10.1 Å². The van der Waals surface area contributed by atoms with E-state index in [1.54, 1.807) is 18.2 Å². The van der Waals surface area contributed by atoms with E-state index in [2.05, 4.69) is 9.44 Å². The Kier molecular flexibility index (Phi) is 4.62. The Hall–Kier alpha value is -2.92. The van der Waals surface area contributed by atoms with Crippen molar-refractivity contribution in [1.29, 1.82) is 5.26 Å². The number of oxime groups is 1. The first-order chi connectivity index (χ1) is 10.8. The maximum atomic E-state index is 12.0. The summed E-state index contributed by atoms with van der Waals surface area (Å²) >= 11 is 0. The highest BCUT2D eigenvalue weighted by Gasteiger charge is 2.16. The molecule has 1 heterocycles. The zero-order valence-corrected chi connectivity index (χ0v) is 13.2.